The molecule has 4 heteroatoms. The maximum Gasteiger partial charge on any atom is 0.247 e. The van der Waals surface area contributed by atoms with Gasteiger partial charge in [0.1, 0.15) is 6.20 Å². The first-order chi connectivity index (χ1) is 4.97. The van der Waals surface area contributed by atoms with E-state index >= 15 is 0 Å². The Bertz CT molecular complexity index is 191. The first-order valence-electron chi connectivity index (χ1n) is 3.49. The molecule has 0 atom stereocenters. The zero-order valence-electron chi connectivity index (χ0n) is 5.66. The first kappa shape index (κ1) is 5.70. The van der Waals surface area contributed by atoms with Crippen molar-refractivity contribution >= 4 is 5.88 Å². The van der Waals surface area contributed by atoms with Gasteiger partial charge >= 0.3 is 0 Å². The zero-order chi connectivity index (χ0) is 6.81. The fourth-order valence-corrected chi connectivity index (χ4v) is 1.24. The Morgan fingerprint density at radius 3 is 2.80 bits per heavy atom. The Balaban J connectivity index is 2.12. The summed E-state index contributed by atoms with van der Waals surface area (Å²) >= 11 is 0. The molecule has 2 heterocycles. The first-order valence-corrected chi connectivity index (χ1v) is 3.49. The summed E-state index contributed by atoms with van der Waals surface area (Å²) < 4.78 is 4.88. The van der Waals surface area contributed by atoms with E-state index in [0.29, 0.717) is 0 Å². The molecule has 54 valence electrons. The lowest BCUT2D eigenvalue weighted by Crippen LogP contribution is -2.16. The second-order valence-electron chi connectivity index (χ2n) is 2.45. The smallest absolute Gasteiger partial charge is 0.247 e. The van der Waals surface area contributed by atoms with Gasteiger partial charge in [0.05, 0.1) is 0 Å². The van der Waals surface area contributed by atoms with Crippen molar-refractivity contribution in [3.05, 3.63) is 6.20 Å². The van der Waals surface area contributed by atoms with Gasteiger partial charge in [0.2, 0.25) is 5.88 Å². The Morgan fingerprint density at radius 1 is 1.40 bits per heavy atom. The normalized spacial score (nSPS) is 18.2. The molecule has 0 amide bonds. The molecule has 0 aliphatic carbocycles. The van der Waals surface area contributed by atoms with E-state index in [1.54, 1.807) is 6.20 Å². The molecule has 1 aromatic rings. The van der Waals surface area contributed by atoms with Crippen molar-refractivity contribution in [3.63, 3.8) is 0 Å². The summed E-state index contributed by atoms with van der Waals surface area (Å²) in [6.45, 7) is 2.16. The summed E-state index contributed by atoms with van der Waals surface area (Å²) in [5, 5.41) is 7.01. The van der Waals surface area contributed by atoms with Crippen LogP contribution >= 0.6 is 0 Å². The third-order valence-electron chi connectivity index (χ3n) is 1.77. The monoisotopic (exact) mass is 139 g/mol. The lowest BCUT2D eigenvalue weighted by molar-refractivity contribution is 0.394. The van der Waals surface area contributed by atoms with Crippen molar-refractivity contribution in [2.75, 3.05) is 18.0 Å². The van der Waals surface area contributed by atoms with E-state index in [4.69, 9.17) is 4.52 Å². The van der Waals surface area contributed by atoms with Gasteiger partial charge in [0.25, 0.3) is 0 Å². The summed E-state index contributed by atoms with van der Waals surface area (Å²) in [6, 6.07) is 0. The van der Waals surface area contributed by atoms with Crippen LogP contribution in [0.4, 0.5) is 5.88 Å². The molecule has 0 spiro atoms. The van der Waals surface area contributed by atoms with Gasteiger partial charge in [-0.25, -0.2) is 0 Å². The topological polar surface area (TPSA) is 42.2 Å². The molecule has 2 rings (SSSR count). The summed E-state index contributed by atoms with van der Waals surface area (Å²) in [7, 11) is 0. The summed E-state index contributed by atoms with van der Waals surface area (Å²) in [5.41, 5.74) is 0. The van der Waals surface area contributed by atoms with Crippen LogP contribution < -0.4 is 4.90 Å². The Morgan fingerprint density at radius 2 is 2.20 bits per heavy atom. The quantitative estimate of drug-likeness (QED) is 0.573. The minimum Gasteiger partial charge on any atom is -0.339 e. The lowest BCUT2D eigenvalue weighted by atomic mass is 10.4. The fourth-order valence-electron chi connectivity index (χ4n) is 1.24. The molecule has 0 bridgehead atoms. The number of hydrogen-bond acceptors (Lipinski definition) is 4. The highest BCUT2D eigenvalue weighted by Crippen LogP contribution is 2.17. The highest BCUT2D eigenvalue weighted by Gasteiger charge is 2.14. The summed E-state index contributed by atoms with van der Waals surface area (Å²) in [4.78, 5) is 2.15. The summed E-state index contributed by atoms with van der Waals surface area (Å²) in [6.07, 6.45) is 4.16. The van der Waals surface area contributed by atoms with Gasteiger partial charge in [-0.3, -0.25) is 0 Å². The predicted molar refractivity (Wildman–Crippen MR) is 35.7 cm³/mol. The maximum absolute atomic E-state index is 4.88. The largest absolute Gasteiger partial charge is 0.339 e. The van der Waals surface area contributed by atoms with Crippen molar-refractivity contribution in [3.8, 4) is 0 Å². The molecule has 1 saturated heterocycles. The van der Waals surface area contributed by atoms with E-state index in [0.717, 1.165) is 19.0 Å². The Kier molecular flexibility index (Phi) is 1.30. The lowest BCUT2D eigenvalue weighted by Gasteiger charge is -2.09. The molecule has 0 radical (unpaired) electrons. The molecule has 1 aliphatic heterocycles. The van der Waals surface area contributed by atoms with Crippen molar-refractivity contribution in [1.82, 2.24) is 10.4 Å². The van der Waals surface area contributed by atoms with E-state index in [1.807, 2.05) is 0 Å². The van der Waals surface area contributed by atoms with Crippen molar-refractivity contribution in [2.24, 2.45) is 0 Å². The Labute approximate surface area is 58.8 Å². The number of rotatable bonds is 1. The molecule has 0 saturated carbocycles. The van der Waals surface area contributed by atoms with E-state index < -0.39 is 0 Å². The molecule has 1 fully saturated rings. The highest BCUT2D eigenvalue weighted by molar-refractivity contribution is 5.31. The molecule has 0 N–H and O–H groups in total. The van der Waals surface area contributed by atoms with Crippen LogP contribution in [0.15, 0.2) is 10.7 Å². The van der Waals surface area contributed by atoms with Gasteiger partial charge in [-0.15, -0.1) is 5.10 Å². The molecule has 1 aromatic heterocycles. The molecule has 0 unspecified atom stereocenters. The second-order valence-corrected chi connectivity index (χ2v) is 2.45. The highest BCUT2D eigenvalue weighted by atomic mass is 16.5. The SMILES string of the molecule is c1nnoc1N1CCCC1. The zero-order valence-corrected chi connectivity index (χ0v) is 5.66. The van der Waals surface area contributed by atoms with Gasteiger partial charge < -0.3 is 9.42 Å². The standard InChI is InChI=1S/C6H9N3O/c1-2-4-9(3-1)6-5-7-8-10-6/h5H,1-4H2. The number of anilines is 1. The summed E-state index contributed by atoms with van der Waals surface area (Å²) in [5.74, 6) is 0.803. The average Bonchev–Trinajstić information content (AvgIpc) is 2.59. The molecular formula is C6H9N3O. The maximum atomic E-state index is 4.88. The van der Waals surface area contributed by atoms with Gasteiger partial charge in [-0.1, -0.05) is 0 Å². The third kappa shape index (κ3) is 0.853. The van der Waals surface area contributed by atoms with Crippen LogP contribution in [0, 0.1) is 0 Å². The van der Waals surface area contributed by atoms with Gasteiger partial charge in [0, 0.05) is 18.4 Å². The van der Waals surface area contributed by atoms with Crippen molar-refractivity contribution < 1.29 is 4.52 Å². The van der Waals surface area contributed by atoms with Gasteiger partial charge in [-0.2, -0.15) is 0 Å². The minimum atomic E-state index is 0.803. The van der Waals surface area contributed by atoms with Crippen molar-refractivity contribution in [1.29, 1.82) is 0 Å². The van der Waals surface area contributed by atoms with Crippen LogP contribution in [0.5, 0.6) is 0 Å². The fraction of sp³-hybridized carbons (Fsp3) is 0.667. The van der Waals surface area contributed by atoms with Crippen LogP contribution in [0.1, 0.15) is 12.8 Å². The number of aromatic nitrogens is 2. The number of hydrogen-bond donors (Lipinski definition) is 0. The van der Waals surface area contributed by atoms with Crippen LogP contribution in [0.3, 0.4) is 0 Å². The predicted octanol–water partition coefficient (Wildman–Crippen LogP) is 0.670. The van der Waals surface area contributed by atoms with E-state index in [1.165, 1.54) is 12.8 Å². The number of nitrogens with zero attached hydrogens (tertiary/aromatic N) is 3. The van der Waals surface area contributed by atoms with Gasteiger partial charge in [0.15, 0.2) is 0 Å². The average molecular weight is 139 g/mol. The second kappa shape index (κ2) is 2.28. The molecule has 10 heavy (non-hydrogen) atoms. The van der Waals surface area contributed by atoms with Gasteiger partial charge in [-0.05, 0) is 12.8 Å². The van der Waals surface area contributed by atoms with E-state index in [2.05, 4.69) is 15.3 Å². The molecular weight excluding hydrogens is 130 g/mol. The van der Waals surface area contributed by atoms with Crippen LogP contribution in [-0.4, -0.2) is 23.5 Å². The van der Waals surface area contributed by atoms with Crippen molar-refractivity contribution in [2.45, 2.75) is 12.8 Å². The molecule has 0 aromatic carbocycles. The van der Waals surface area contributed by atoms with Crippen LogP contribution in [0.2, 0.25) is 0 Å². The Hall–Kier alpha value is -1.06. The van der Waals surface area contributed by atoms with Crippen LogP contribution in [-0.2, 0) is 0 Å². The molecule has 1 aliphatic rings. The third-order valence-corrected chi connectivity index (χ3v) is 1.77. The molecule has 4 nitrogen and oxygen atoms in total. The van der Waals surface area contributed by atoms with Crippen LogP contribution in [0.25, 0.3) is 0 Å². The van der Waals surface area contributed by atoms with E-state index in [9.17, 15) is 0 Å². The minimum absolute atomic E-state index is 0.803. The van der Waals surface area contributed by atoms with E-state index in [-0.39, 0.29) is 0 Å².